The lowest BCUT2D eigenvalue weighted by Gasteiger charge is -2.10. The highest BCUT2D eigenvalue weighted by Crippen LogP contribution is 2.15. The highest BCUT2D eigenvalue weighted by Gasteiger charge is 2.25. The molecule has 0 bridgehead atoms. The second kappa shape index (κ2) is 8.08. The van der Waals surface area contributed by atoms with Crippen molar-refractivity contribution in [3.05, 3.63) is 12.2 Å². The fourth-order valence-electron chi connectivity index (χ4n) is 1.67. The van der Waals surface area contributed by atoms with Crippen LogP contribution in [0, 0.1) is 5.92 Å². The first kappa shape index (κ1) is 15.9. The maximum Gasteiger partial charge on any atom is 0.330 e. The van der Waals surface area contributed by atoms with E-state index in [1.54, 1.807) is 13.0 Å². The van der Waals surface area contributed by atoms with Crippen LogP contribution in [0.25, 0.3) is 0 Å². The Morgan fingerprint density at radius 3 is 2.94 bits per heavy atom. The van der Waals surface area contributed by atoms with Crippen molar-refractivity contribution in [2.45, 2.75) is 25.8 Å². The summed E-state index contributed by atoms with van der Waals surface area (Å²) in [6.07, 6.45) is 4.30. The van der Waals surface area contributed by atoms with Gasteiger partial charge in [-0.15, -0.1) is 12.4 Å². The lowest BCUT2D eigenvalue weighted by atomic mass is 9.99. The van der Waals surface area contributed by atoms with Crippen LogP contribution in [0.15, 0.2) is 12.2 Å². The summed E-state index contributed by atoms with van der Waals surface area (Å²) in [6, 6.07) is -0.279. The molecular formula is C11H19ClN2O3. The third-order valence-corrected chi connectivity index (χ3v) is 2.49. The molecule has 1 saturated heterocycles. The van der Waals surface area contributed by atoms with Gasteiger partial charge >= 0.3 is 5.97 Å². The SMILES string of the molecule is CCOC(=O)/C=C/C(N)CC1CCNC1=O.Cl. The smallest absolute Gasteiger partial charge is 0.330 e. The molecule has 0 aromatic heterocycles. The minimum Gasteiger partial charge on any atom is -0.463 e. The summed E-state index contributed by atoms with van der Waals surface area (Å²) in [5.74, 6) is -0.365. The third-order valence-electron chi connectivity index (χ3n) is 2.49. The van der Waals surface area contributed by atoms with Crippen LogP contribution >= 0.6 is 12.4 Å². The number of hydrogen-bond donors (Lipinski definition) is 2. The van der Waals surface area contributed by atoms with Crippen LogP contribution in [0.2, 0.25) is 0 Å². The maximum absolute atomic E-state index is 11.3. The van der Waals surface area contributed by atoms with Gasteiger partial charge in [0.05, 0.1) is 6.61 Å². The number of ether oxygens (including phenoxy) is 1. The van der Waals surface area contributed by atoms with Gasteiger partial charge in [0.1, 0.15) is 0 Å². The Morgan fingerprint density at radius 2 is 2.41 bits per heavy atom. The molecule has 1 amide bonds. The lowest BCUT2D eigenvalue weighted by Crippen LogP contribution is -2.26. The van der Waals surface area contributed by atoms with Gasteiger partial charge in [-0.2, -0.15) is 0 Å². The standard InChI is InChI=1S/C11H18N2O3.ClH/c1-2-16-10(14)4-3-9(12)7-8-5-6-13-11(8)15;/h3-4,8-9H,2,5-7,12H2,1H3,(H,13,15);1H/b4-3+;. The normalized spacial score (nSPS) is 20.8. The quantitative estimate of drug-likeness (QED) is 0.554. The van der Waals surface area contributed by atoms with Gasteiger partial charge in [0, 0.05) is 24.6 Å². The van der Waals surface area contributed by atoms with E-state index in [1.807, 2.05) is 0 Å². The summed E-state index contributed by atoms with van der Waals surface area (Å²) in [7, 11) is 0. The molecule has 2 unspecified atom stereocenters. The van der Waals surface area contributed by atoms with E-state index >= 15 is 0 Å². The molecule has 1 aliphatic heterocycles. The van der Waals surface area contributed by atoms with E-state index in [9.17, 15) is 9.59 Å². The molecule has 1 rings (SSSR count). The molecule has 1 fully saturated rings. The van der Waals surface area contributed by atoms with Gasteiger partial charge in [0.15, 0.2) is 0 Å². The van der Waals surface area contributed by atoms with Gasteiger partial charge in [-0.1, -0.05) is 6.08 Å². The molecule has 0 saturated carbocycles. The largest absolute Gasteiger partial charge is 0.463 e. The highest BCUT2D eigenvalue weighted by atomic mass is 35.5. The van der Waals surface area contributed by atoms with Gasteiger partial charge in [-0.05, 0) is 19.8 Å². The first-order chi connectivity index (χ1) is 7.63. The van der Waals surface area contributed by atoms with Crippen LogP contribution in [0.4, 0.5) is 0 Å². The zero-order valence-corrected chi connectivity index (χ0v) is 10.7. The minimum atomic E-state index is -0.395. The van der Waals surface area contributed by atoms with Gasteiger partial charge in [0.25, 0.3) is 0 Å². The summed E-state index contributed by atoms with van der Waals surface area (Å²) in [4.78, 5) is 22.3. The zero-order chi connectivity index (χ0) is 12.0. The number of esters is 1. The summed E-state index contributed by atoms with van der Waals surface area (Å²) < 4.78 is 4.72. The molecule has 0 spiro atoms. The molecular weight excluding hydrogens is 244 g/mol. The summed E-state index contributed by atoms with van der Waals surface area (Å²) in [5.41, 5.74) is 5.79. The number of carbonyl (C=O) groups is 2. The molecule has 5 nitrogen and oxygen atoms in total. The number of nitrogens with two attached hydrogens (primary N) is 1. The molecule has 1 aliphatic rings. The monoisotopic (exact) mass is 262 g/mol. The van der Waals surface area contributed by atoms with Gasteiger partial charge in [-0.25, -0.2) is 4.79 Å². The molecule has 2 atom stereocenters. The van der Waals surface area contributed by atoms with Crippen molar-refractivity contribution >= 4 is 24.3 Å². The maximum atomic E-state index is 11.3. The Labute approximate surface area is 107 Å². The molecule has 0 aromatic carbocycles. The van der Waals surface area contributed by atoms with Crippen molar-refractivity contribution < 1.29 is 14.3 Å². The van der Waals surface area contributed by atoms with Crippen molar-refractivity contribution in [1.29, 1.82) is 0 Å². The number of halogens is 1. The van der Waals surface area contributed by atoms with Crippen LogP contribution in [0.5, 0.6) is 0 Å². The van der Waals surface area contributed by atoms with Crippen LogP contribution in [0.1, 0.15) is 19.8 Å². The van der Waals surface area contributed by atoms with E-state index in [1.165, 1.54) is 6.08 Å². The van der Waals surface area contributed by atoms with E-state index in [0.717, 1.165) is 13.0 Å². The minimum absolute atomic E-state index is 0. The van der Waals surface area contributed by atoms with Gasteiger partial charge in [0.2, 0.25) is 5.91 Å². The topological polar surface area (TPSA) is 81.4 Å². The molecule has 0 aromatic rings. The van der Waals surface area contributed by atoms with Crippen molar-refractivity contribution in [1.82, 2.24) is 5.32 Å². The predicted molar refractivity (Wildman–Crippen MR) is 66.7 cm³/mol. The Morgan fingerprint density at radius 1 is 1.71 bits per heavy atom. The van der Waals surface area contributed by atoms with Crippen molar-refractivity contribution in [2.75, 3.05) is 13.2 Å². The van der Waals surface area contributed by atoms with Gasteiger partial charge in [-0.3, -0.25) is 4.79 Å². The summed E-state index contributed by atoms with van der Waals surface area (Å²) in [6.45, 7) is 2.82. The van der Waals surface area contributed by atoms with E-state index in [0.29, 0.717) is 13.0 Å². The summed E-state index contributed by atoms with van der Waals surface area (Å²) >= 11 is 0. The second-order valence-corrected chi connectivity index (χ2v) is 3.79. The zero-order valence-electron chi connectivity index (χ0n) is 9.85. The van der Waals surface area contributed by atoms with E-state index in [2.05, 4.69) is 5.32 Å². The fourth-order valence-corrected chi connectivity index (χ4v) is 1.67. The van der Waals surface area contributed by atoms with E-state index in [4.69, 9.17) is 10.5 Å². The fraction of sp³-hybridized carbons (Fsp3) is 0.636. The Kier molecular flexibility index (Phi) is 7.58. The Hall–Kier alpha value is -1.07. The van der Waals surface area contributed by atoms with Crippen molar-refractivity contribution in [3.8, 4) is 0 Å². The van der Waals surface area contributed by atoms with Crippen LogP contribution in [-0.2, 0) is 14.3 Å². The first-order valence-corrected chi connectivity index (χ1v) is 5.51. The number of carbonyl (C=O) groups excluding carboxylic acids is 2. The van der Waals surface area contributed by atoms with Crippen LogP contribution in [-0.4, -0.2) is 31.1 Å². The Bertz CT molecular complexity index is 294. The van der Waals surface area contributed by atoms with E-state index < -0.39 is 5.97 Å². The first-order valence-electron chi connectivity index (χ1n) is 5.51. The molecule has 98 valence electrons. The number of rotatable bonds is 5. The van der Waals surface area contributed by atoms with Gasteiger partial charge < -0.3 is 15.8 Å². The second-order valence-electron chi connectivity index (χ2n) is 3.79. The molecule has 3 N–H and O–H groups in total. The number of amides is 1. The van der Waals surface area contributed by atoms with Crippen LogP contribution in [0.3, 0.4) is 0 Å². The van der Waals surface area contributed by atoms with Crippen LogP contribution < -0.4 is 11.1 Å². The molecule has 0 radical (unpaired) electrons. The third kappa shape index (κ3) is 5.70. The lowest BCUT2D eigenvalue weighted by molar-refractivity contribution is -0.137. The van der Waals surface area contributed by atoms with Crippen molar-refractivity contribution in [2.24, 2.45) is 11.7 Å². The molecule has 6 heteroatoms. The average molecular weight is 263 g/mol. The highest BCUT2D eigenvalue weighted by molar-refractivity contribution is 5.85. The molecule has 1 heterocycles. The Balaban J connectivity index is 0.00000256. The van der Waals surface area contributed by atoms with E-state index in [-0.39, 0.29) is 30.3 Å². The van der Waals surface area contributed by atoms with Crippen molar-refractivity contribution in [3.63, 3.8) is 0 Å². The number of hydrogen-bond acceptors (Lipinski definition) is 4. The summed E-state index contributed by atoms with van der Waals surface area (Å²) in [5, 5.41) is 2.75. The predicted octanol–water partition coefficient (Wildman–Crippen LogP) is 0.381. The molecule has 17 heavy (non-hydrogen) atoms. The number of nitrogens with one attached hydrogen (secondary N) is 1. The average Bonchev–Trinajstić information content (AvgIpc) is 2.62. The molecule has 0 aliphatic carbocycles.